The zero-order valence-electron chi connectivity index (χ0n) is 16.3. The number of benzene rings is 1. The molecule has 0 radical (unpaired) electrons. The molecular weight excluding hydrogens is 386 g/mol. The molecule has 3 aliphatic rings. The van der Waals surface area contributed by atoms with Crippen molar-refractivity contribution in [1.29, 1.82) is 0 Å². The fourth-order valence-corrected chi connectivity index (χ4v) is 4.93. The van der Waals surface area contributed by atoms with Crippen molar-refractivity contribution in [2.24, 2.45) is 0 Å². The van der Waals surface area contributed by atoms with Crippen molar-refractivity contribution in [3.05, 3.63) is 63.4 Å². The van der Waals surface area contributed by atoms with Crippen LogP contribution < -0.4 is 10.9 Å². The minimum atomic E-state index is -1.90. The molecule has 0 aliphatic carbocycles. The molecule has 0 amide bonds. The summed E-state index contributed by atoms with van der Waals surface area (Å²) >= 11 is 0. The number of para-hydroxylation sites is 1. The van der Waals surface area contributed by atoms with Gasteiger partial charge in [0.1, 0.15) is 0 Å². The summed E-state index contributed by atoms with van der Waals surface area (Å²) in [4.78, 5) is 30.3. The van der Waals surface area contributed by atoms with Gasteiger partial charge in [0.25, 0.3) is 11.5 Å². The van der Waals surface area contributed by atoms with Crippen LogP contribution in [0.1, 0.15) is 30.0 Å². The zero-order chi connectivity index (χ0) is 20.7. The number of morpholine rings is 1. The van der Waals surface area contributed by atoms with Gasteiger partial charge in [-0.15, -0.1) is 0 Å². The van der Waals surface area contributed by atoms with Gasteiger partial charge in [-0.2, -0.15) is 0 Å². The van der Waals surface area contributed by atoms with Crippen molar-refractivity contribution in [2.45, 2.75) is 38.0 Å². The minimum absolute atomic E-state index is 0.0804. The van der Waals surface area contributed by atoms with Crippen molar-refractivity contribution in [3.8, 4) is 11.4 Å². The molecule has 8 nitrogen and oxygen atoms in total. The number of rotatable bonds is 1. The van der Waals surface area contributed by atoms with Crippen LogP contribution in [0.15, 0.2) is 41.2 Å². The second-order valence-corrected chi connectivity index (χ2v) is 7.94. The monoisotopic (exact) mass is 405 g/mol. The Labute approximate surface area is 171 Å². The van der Waals surface area contributed by atoms with Crippen LogP contribution in [0.3, 0.4) is 0 Å². The first-order valence-corrected chi connectivity index (χ1v) is 9.95. The van der Waals surface area contributed by atoms with E-state index in [1.165, 1.54) is 0 Å². The quantitative estimate of drug-likeness (QED) is 0.461. The fraction of sp³-hybridized carbons (Fsp3) is 0.318. The second-order valence-electron chi connectivity index (χ2n) is 7.94. The third-order valence-corrected chi connectivity index (χ3v) is 6.44. The normalized spacial score (nSPS) is 26.5. The van der Waals surface area contributed by atoms with E-state index in [1.54, 1.807) is 11.5 Å². The van der Waals surface area contributed by atoms with E-state index in [0.29, 0.717) is 23.4 Å². The Balaban J connectivity index is 1.63. The Morgan fingerprint density at radius 1 is 1.27 bits per heavy atom. The summed E-state index contributed by atoms with van der Waals surface area (Å²) in [5, 5.41) is 14.9. The molecule has 152 valence electrons. The number of hydrogen-bond acceptors (Lipinski definition) is 7. The summed E-state index contributed by atoms with van der Waals surface area (Å²) in [7, 11) is 0. The molecule has 0 saturated carbocycles. The van der Waals surface area contributed by atoms with Gasteiger partial charge in [0.2, 0.25) is 5.60 Å². The average Bonchev–Trinajstić information content (AvgIpc) is 3.11. The molecule has 1 unspecified atom stereocenters. The number of carbonyl (C=O) groups excluding carboxylic acids is 1. The van der Waals surface area contributed by atoms with Gasteiger partial charge in [-0.3, -0.25) is 14.9 Å². The largest absolute Gasteiger partial charge is 0.446 e. The van der Waals surface area contributed by atoms with Crippen molar-refractivity contribution < 1.29 is 19.4 Å². The summed E-state index contributed by atoms with van der Waals surface area (Å²) in [6.07, 6.45) is 0.232. The molecule has 1 fully saturated rings. The smallest absolute Gasteiger partial charge is 0.321 e. The average molecular weight is 405 g/mol. The maximum Gasteiger partial charge on any atom is 0.321 e. The number of nitrogens with zero attached hydrogens (tertiary/aromatic N) is 2. The number of aromatic nitrogens is 2. The lowest BCUT2D eigenvalue weighted by Crippen LogP contribution is -2.71. The highest BCUT2D eigenvalue weighted by Crippen LogP contribution is 2.47. The van der Waals surface area contributed by atoms with E-state index in [4.69, 9.17) is 14.5 Å². The highest BCUT2D eigenvalue weighted by molar-refractivity contribution is 5.84. The van der Waals surface area contributed by atoms with Crippen molar-refractivity contribution in [2.75, 3.05) is 6.54 Å². The van der Waals surface area contributed by atoms with E-state index in [9.17, 15) is 14.7 Å². The number of hydrogen-bond donors (Lipinski definition) is 2. The number of carbonyl (C=O) groups is 1. The van der Waals surface area contributed by atoms with Crippen molar-refractivity contribution in [1.82, 2.24) is 14.9 Å². The summed E-state index contributed by atoms with van der Waals surface area (Å²) in [6.45, 7) is 1.95. The molecular formula is C22H19N3O5. The predicted octanol–water partition coefficient (Wildman–Crippen LogP) is 1.35. The molecule has 5 heterocycles. The number of fused-ring (bicyclic) bond motifs is 7. The molecule has 30 heavy (non-hydrogen) atoms. The summed E-state index contributed by atoms with van der Waals surface area (Å²) < 4.78 is 13.0. The number of nitrogens with one attached hydrogen (secondary N) is 1. The first kappa shape index (κ1) is 17.8. The van der Waals surface area contributed by atoms with E-state index < -0.39 is 17.5 Å². The lowest BCUT2D eigenvalue weighted by molar-refractivity contribution is -0.351. The van der Waals surface area contributed by atoms with Gasteiger partial charge in [-0.05, 0) is 24.6 Å². The van der Waals surface area contributed by atoms with Gasteiger partial charge in [0.05, 0.1) is 42.2 Å². The molecule has 3 aromatic rings. The molecule has 3 aliphatic heterocycles. The van der Waals surface area contributed by atoms with E-state index >= 15 is 0 Å². The molecule has 6 rings (SSSR count). The lowest BCUT2D eigenvalue weighted by atomic mass is 9.81. The molecule has 0 spiro atoms. The molecule has 2 atom stereocenters. The van der Waals surface area contributed by atoms with Gasteiger partial charge >= 0.3 is 5.97 Å². The van der Waals surface area contributed by atoms with E-state index in [1.807, 2.05) is 36.4 Å². The third-order valence-electron chi connectivity index (χ3n) is 6.44. The van der Waals surface area contributed by atoms with Crippen LogP contribution in [0.25, 0.3) is 22.3 Å². The molecule has 2 N–H and O–H groups in total. The van der Waals surface area contributed by atoms with Gasteiger partial charge in [0, 0.05) is 16.5 Å². The number of ether oxygens (including phenoxy) is 2. The number of pyridine rings is 2. The van der Waals surface area contributed by atoms with Gasteiger partial charge in [-0.1, -0.05) is 25.1 Å². The topological polar surface area (TPSA) is 103 Å². The molecule has 2 aromatic heterocycles. The van der Waals surface area contributed by atoms with Crippen LogP contribution in [0.4, 0.5) is 0 Å². The summed E-state index contributed by atoms with van der Waals surface area (Å²) in [6, 6.07) is 11.7. The SMILES string of the molecule is CC[C@@]12OC(=O)CNC1(O)OCc1c2cc2n(c1=O)Cc1cc3ccccc3nc1-2. The van der Waals surface area contributed by atoms with Crippen LogP contribution in [0.2, 0.25) is 0 Å². The van der Waals surface area contributed by atoms with Crippen LogP contribution in [0.5, 0.6) is 0 Å². The van der Waals surface area contributed by atoms with Gasteiger partial charge in [-0.25, -0.2) is 4.98 Å². The first-order valence-electron chi connectivity index (χ1n) is 9.95. The minimum Gasteiger partial charge on any atom is -0.446 e. The van der Waals surface area contributed by atoms with E-state index in [0.717, 1.165) is 22.2 Å². The van der Waals surface area contributed by atoms with E-state index in [2.05, 4.69) is 5.32 Å². The molecule has 1 saturated heterocycles. The third kappa shape index (κ3) is 2.08. The standard InChI is InChI=1S/C22H19N3O5/c1-2-21-15-8-17-19-13(7-12-5-3-4-6-16(12)24-19)10-25(17)20(27)14(15)11-29-22(21,28)23-9-18(26)30-21/h3-8,23,28H,2,9-11H2,1H3/t21-,22?/m0/s1. The van der Waals surface area contributed by atoms with Crippen LogP contribution in [0, 0.1) is 0 Å². The maximum atomic E-state index is 13.4. The zero-order valence-corrected chi connectivity index (χ0v) is 16.3. The highest BCUT2D eigenvalue weighted by Gasteiger charge is 2.62. The first-order chi connectivity index (χ1) is 14.5. The van der Waals surface area contributed by atoms with E-state index in [-0.39, 0.29) is 25.1 Å². The predicted molar refractivity (Wildman–Crippen MR) is 106 cm³/mol. The Kier molecular flexibility index (Phi) is 3.41. The van der Waals surface area contributed by atoms with Crippen molar-refractivity contribution >= 4 is 16.9 Å². The van der Waals surface area contributed by atoms with Crippen molar-refractivity contribution in [3.63, 3.8) is 0 Å². The van der Waals surface area contributed by atoms with Crippen LogP contribution in [-0.2, 0) is 33.0 Å². The highest BCUT2D eigenvalue weighted by atomic mass is 16.7. The fourth-order valence-electron chi connectivity index (χ4n) is 4.93. The summed E-state index contributed by atoms with van der Waals surface area (Å²) in [5.74, 6) is -2.41. The Bertz CT molecular complexity index is 1320. The second kappa shape index (κ2) is 5.75. The molecule has 1 aromatic carbocycles. The summed E-state index contributed by atoms with van der Waals surface area (Å²) in [5.41, 5.74) is 2.30. The van der Waals surface area contributed by atoms with Crippen LogP contribution in [-0.4, -0.2) is 33.1 Å². The Morgan fingerprint density at radius 3 is 2.93 bits per heavy atom. The molecule has 0 bridgehead atoms. The Hall–Kier alpha value is -3.07. The Morgan fingerprint density at radius 2 is 2.10 bits per heavy atom. The maximum absolute atomic E-state index is 13.4. The lowest BCUT2D eigenvalue weighted by Gasteiger charge is -2.51. The van der Waals surface area contributed by atoms with Crippen LogP contribution >= 0.6 is 0 Å². The number of aliphatic hydroxyl groups is 1. The van der Waals surface area contributed by atoms with Gasteiger partial charge in [0.15, 0.2) is 0 Å². The molecule has 8 heteroatoms. The van der Waals surface area contributed by atoms with Gasteiger partial charge < -0.3 is 19.1 Å². The number of esters is 1.